The van der Waals surface area contributed by atoms with Crippen LogP contribution in [0.2, 0.25) is 0 Å². The highest BCUT2D eigenvalue weighted by Gasteiger charge is 2.41. The first-order chi connectivity index (χ1) is 22.1. The molecular weight excluding hydrogens is 620 g/mol. The quantitative estimate of drug-likeness (QED) is 0.176. The summed E-state index contributed by atoms with van der Waals surface area (Å²) >= 11 is 0. The molecule has 47 heavy (non-hydrogen) atoms. The van der Waals surface area contributed by atoms with E-state index in [9.17, 15) is 33.1 Å². The number of nitrogens with zero attached hydrogens (tertiary/aromatic N) is 3. The number of sulfonamides is 1. The predicted octanol–water partition coefficient (Wildman–Crippen LogP) is 5.28. The first kappa shape index (κ1) is 37.3. The molecule has 3 rings (SSSR count). The highest BCUT2D eigenvalue weighted by Crippen LogP contribution is 2.27. The van der Waals surface area contributed by atoms with E-state index in [0.717, 1.165) is 10.5 Å². The van der Waals surface area contributed by atoms with Crippen LogP contribution in [0, 0.1) is 16.2 Å². The molecule has 0 radical (unpaired) electrons. The van der Waals surface area contributed by atoms with E-state index in [4.69, 9.17) is 0 Å². The molecule has 0 bridgehead atoms. The molecule has 3 aromatic rings. The van der Waals surface area contributed by atoms with Gasteiger partial charge in [0.05, 0.1) is 17.0 Å². The summed E-state index contributed by atoms with van der Waals surface area (Å²) in [5.74, 6) is -0.696. The molecule has 0 aliphatic rings. The van der Waals surface area contributed by atoms with E-state index < -0.39 is 45.6 Å². The fraction of sp³-hybridized carbons (Fsp3) is 0.429. The Bertz CT molecular complexity index is 1560. The lowest BCUT2D eigenvalue weighted by atomic mass is 9.84. The lowest BCUT2D eigenvalue weighted by Crippen LogP contribution is -2.59. The first-order valence-corrected chi connectivity index (χ1v) is 17.0. The second-order valence-corrected chi connectivity index (χ2v) is 15.1. The van der Waals surface area contributed by atoms with Crippen molar-refractivity contribution in [3.05, 3.63) is 107 Å². The topological polar surface area (TPSA) is 157 Å². The number of benzene rings is 3. The summed E-state index contributed by atoms with van der Waals surface area (Å²) in [4.78, 5) is 38.4. The standard InChI is InChI=1S/C35H46N4O7S/c1-25(2)22-38(47(45,46)29-18-16-27(17-19-29)21-36-44)24-31(40)30(20-26-12-8-6-9-13-26)37-33(41)32(35(3,4)5)39(34(42)43)23-28-14-10-7-11-15-28/h6-19,25,30-32,40H,20-24H2,1-5H3,(H,37,41)(H,42,43)/t30-,31+,32+/m0/s1. The molecule has 0 heterocycles. The zero-order valence-electron chi connectivity index (χ0n) is 27.6. The Kier molecular flexibility index (Phi) is 13.2. The minimum atomic E-state index is -4.09. The number of hydrogen-bond acceptors (Lipinski definition) is 7. The van der Waals surface area contributed by atoms with Crippen LogP contribution in [0.5, 0.6) is 0 Å². The third-order valence-electron chi connectivity index (χ3n) is 7.68. The number of aliphatic hydroxyl groups excluding tert-OH is 1. The minimum Gasteiger partial charge on any atom is -0.465 e. The van der Waals surface area contributed by atoms with Crippen LogP contribution in [-0.4, -0.2) is 71.1 Å². The molecule has 0 fully saturated rings. The van der Waals surface area contributed by atoms with Gasteiger partial charge in [-0.1, -0.05) is 113 Å². The SMILES string of the molecule is CC(C)CN(C[C@@H](O)[C@H](Cc1ccccc1)NC(=O)[C@@H](N(Cc1ccccc1)C(=O)O)C(C)(C)C)S(=O)(=O)c1ccc(CN=O)cc1. The van der Waals surface area contributed by atoms with Crippen molar-refractivity contribution in [2.75, 3.05) is 13.1 Å². The highest BCUT2D eigenvalue weighted by molar-refractivity contribution is 7.89. The zero-order chi connectivity index (χ0) is 34.8. The molecule has 0 aliphatic carbocycles. The van der Waals surface area contributed by atoms with Gasteiger partial charge in [-0.2, -0.15) is 9.21 Å². The minimum absolute atomic E-state index is 0.00514. The molecule has 0 unspecified atom stereocenters. The average Bonchev–Trinajstić information content (AvgIpc) is 3.00. The van der Waals surface area contributed by atoms with Crippen LogP contribution in [0.25, 0.3) is 0 Å². The molecule has 11 nitrogen and oxygen atoms in total. The number of hydrogen-bond donors (Lipinski definition) is 3. The molecule has 3 aromatic carbocycles. The van der Waals surface area contributed by atoms with E-state index in [1.165, 1.54) is 28.6 Å². The van der Waals surface area contributed by atoms with Crippen LogP contribution < -0.4 is 5.32 Å². The van der Waals surface area contributed by atoms with Crippen molar-refractivity contribution in [1.82, 2.24) is 14.5 Å². The van der Waals surface area contributed by atoms with Gasteiger partial charge < -0.3 is 15.5 Å². The molecule has 0 spiro atoms. The van der Waals surface area contributed by atoms with Crippen molar-refractivity contribution < 1.29 is 28.2 Å². The normalized spacial score (nSPS) is 14.0. The molecule has 0 saturated heterocycles. The molecule has 0 aromatic heterocycles. The van der Waals surface area contributed by atoms with E-state index in [0.29, 0.717) is 11.1 Å². The van der Waals surface area contributed by atoms with Crippen LogP contribution in [0.3, 0.4) is 0 Å². The third-order valence-corrected chi connectivity index (χ3v) is 9.53. The van der Waals surface area contributed by atoms with Crippen molar-refractivity contribution in [3.63, 3.8) is 0 Å². The van der Waals surface area contributed by atoms with Gasteiger partial charge in [0.1, 0.15) is 12.6 Å². The third kappa shape index (κ3) is 10.7. The van der Waals surface area contributed by atoms with Gasteiger partial charge in [-0.15, -0.1) is 0 Å². The highest BCUT2D eigenvalue weighted by atomic mass is 32.2. The Morgan fingerprint density at radius 1 is 0.851 bits per heavy atom. The number of aliphatic hydroxyl groups is 1. The number of carbonyl (C=O) groups is 2. The van der Waals surface area contributed by atoms with Crippen LogP contribution in [0.15, 0.2) is 95.0 Å². The van der Waals surface area contributed by atoms with E-state index in [2.05, 4.69) is 10.5 Å². The van der Waals surface area contributed by atoms with Crippen LogP contribution in [-0.2, 0) is 34.3 Å². The monoisotopic (exact) mass is 666 g/mol. The number of carbonyl (C=O) groups excluding carboxylic acids is 1. The Morgan fingerprint density at radius 3 is 1.89 bits per heavy atom. The zero-order valence-corrected chi connectivity index (χ0v) is 28.4. The van der Waals surface area contributed by atoms with Gasteiger partial charge in [0.15, 0.2) is 0 Å². The van der Waals surface area contributed by atoms with Crippen LogP contribution >= 0.6 is 0 Å². The second kappa shape index (κ2) is 16.6. The van der Waals surface area contributed by atoms with Gasteiger partial charge in [0.25, 0.3) is 0 Å². The van der Waals surface area contributed by atoms with Crippen molar-refractivity contribution in [2.24, 2.45) is 16.5 Å². The summed E-state index contributed by atoms with van der Waals surface area (Å²) in [6.07, 6.45) is -2.47. The molecule has 2 amide bonds. The average molecular weight is 667 g/mol. The molecule has 3 atom stereocenters. The molecule has 0 saturated carbocycles. The Labute approximate surface area is 277 Å². The lowest BCUT2D eigenvalue weighted by Gasteiger charge is -2.39. The summed E-state index contributed by atoms with van der Waals surface area (Å²) in [5, 5.41) is 27.7. The number of amides is 2. The van der Waals surface area contributed by atoms with Crippen molar-refractivity contribution in [3.8, 4) is 0 Å². The van der Waals surface area contributed by atoms with Crippen LogP contribution in [0.1, 0.15) is 51.3 Å². The van der Waals surface area contributed by atoms with Crippen molar-refractivity contribution in [1.29, 1.82) is 0 Å². The number of rotatable bonds is 16. The maximum Gasteiger partial charge on any atom is 0.408 e. The van der Waals surface area contributed by atoms with E-state index in [-0.39, 0.29) is 43.4 Å². The molecular formula is C35H46N4O7S. The number of nitrogens with one attached hydrogen (secondary N) is 1. The summed E-state index contributed by atoms with van der Waals surface area (Å²) in [7, 11) is -4.09. The molecule has 3 N–H and O–H groups in total. The number of carboxylic acid groups (broad SMARTS) is 1. The van der Waals surface area contributed by atoms with Gasteiger partial charge in [0.2, 0.25) is 15.9 Å². The van der Waals surface area contributed by atoms with E-state index in [1.807, 2.05) is 50.2 Å². The lowest BCUT2D eigenvalue weighted by molar-refractivity contribution is -0.131. The van der Waals surface area contributed by atoms with Gasteiger partial charge in [-0.05, 0) is 46.6 Å². The van der Waals surface area contributed by atoms with E-state index >= 15 is 0 Å². The Morgan fingerprint density at radius 2 is 1.40 bits per heavy atom. The molecule has 0 aliphatic heterocycles. The van der Waals surface area contributed by atoms with Gasteiger partial charge in [-0.25, -0.2) is 13.2 Å². The van der Waals surface area contributed by atoms with Gasteiger partial charge in [-0.3, -0.25) is 9.69 Å². The summed E-state index contributed by atoms with van der Waals surface area (Å²) < 4.78 is 28.8. The van der Waals surface area contributed by atoms with Gasteiger partial charge in [0, 0.05) is 19.6 Å². The maximum absolute atomic E-state index is 14.1. The smallest absolute Gasteiger partial charge is 0.408 e. The summed E-state index contributed by atoms with van der Waals surface area (Å²) in [5.41, 5.74) is 1.23. The predicted molar refractivity (Wildman–Crippen MR) is 181 cm³/mol. The Hall–Kier alpha value is -4.13. The number of nitroso groups, excluding NO2 is 1. The maximum atomic E-state index is 14.1. The Balaban J connectivity index is 1.97. The first-order valence-electron chi connectivity index (χ1n) is 15.6. The second-order valence-electron chi connectivity index (χ2n) is 13.2. The summed E-state index contributed by atoms with van der Waals surface area (Å²) in [6, 6.07) is 21.9. The van der Waals surface area contributed by atoms with Crippen molar-refractivity contribution in [2.45, 2.75) is 77.2 Å². The molecule has 12 heteroatoms. The largest absolute Gasteiger partial charge is 0.465 e. The van der Waals surface area contributed by atoms with Crippen LogP contribution in [0.4, 0.5) is 4.79 Å². The fourth-order valence-corrected chi connectivity index (χ4v) is 7.09. The van der Waals surface area contributed by atoms with Crippen molar-refractivity contribution >= 4 is 22.0 Å². The summed E-state index contributed by atoms with van der Waals surface area (Å²) in [6.45, 7) is 8.68. The molecule has 254 valence electrons. The van der Waals surface area contributed by atoms with E-state index in [1.54, 1.807) is 45.0 Å². The fourth-order valence-electron chi connectivity index (χ4n) is 5.47. The van der Waals surface area contributed by atoms with Gasteiger partial charge >= 0.3 is 6.09 Å².